The van der Waals surface area contributed by atoms with Crippen LogP contribution in [0.1, 0.15) is 9.67 Å². The molecule has 0 aliphatic heterocycles. The number of anilines is 3. The molecule has 0 bridgehead atoms. The first kappa shape index (κ1) is 11.9. The van der Waals surface area contributed by atoms with E-state index in [1.54, 1.807) is 6.07 Å². The van der Waals surface area contributed by atoms with Gasteiger partial charge in [-0.25, -0.2) is 0 Å². The summed E-state index contributed by atoms with van der Waals surface area (Å²) in [4.78, 5) is 21.1. The summed E-state index contributed by atoms with van der Waals surface area (Å²) in [7, 11) is 0. The first-order valence-corrected chi connectivity index (χ1v) is 5.01. The van der Waals surface area contributed by atoms with Gasteiger partial charge in [0, 0.05) is 0 Å². The fraction of sp³-hybridized carbons (Fsp3) is 0. The highest BCUT2D eigenvalue weighted by molar-refractivity contribution is 7.11. The van der Waals surface area contributed by atoms with Gasteiger partial charge in [-0.1, -0.05) is 6.07 Å². The number of thiophene rings is 1. The molecule has 7 nitrogen and oxygen atoms in total. The molecular formula is C8H10N6OS. The van der Waals surface area contributed by atoms with E-state index in [0.717, 1.165) is 11.2 Å². The van der Waals surface area contributed by atoms with Gasteiger partial charge in [0.1, 0.15) is 0 Å². The molecule has 0 unspecified atom stereocenters. The summed E-state index contributed by atoms with van der Waals surface area (Å²) in [6.45, 7) is 0. The summed E-state index contributed by atoms with van der Waals surface area (Å²) >= 11 is 1.45. The number of hydrogen-bond acceptors (Lipinski definition) is 8. The third kappa shape index (κ3) is 3.88. The second-order valence-corrected chi connectivity index (χ2v) is 3.52. The Morgan fingerprint density at radius 3 is 1.81 bits per heavy atom. The van der Waals surface area contributed by atoms with Crippen molar-refractivity contribution in [1.82, 2.24) is 15.0 Å². The summed E-state index contributed by atoms with van der Waals surface area (Å²) in [5.41, 5.74) is 15.4. The van der Waals surface area contributed by atoms with E-state index in [9.17, 15) is 4.79 Å². The van der Waals surface area contributed by atoms with Crippen LogP contribution in [0.15, 0.2) is 17.5 Å². The van der Waals surface area contributed by atoms with Gasteiger partial charge in [-0.15, -0.1) is 11.3 Å². The summed E-state index contributed by atoms with van der Waals surface area (Å²) in [6, 6.07) is 3.64. The number of carbonyl (C=O) groups excluding carboxylic acids is 1. The zero-order valence-electron chi connectivity index (χ0n) is 8.20. The highest BCUT2D eigenvalue weighted by Crippen LogP contribution is 2.03. The van der Waals surface area contributed by atoms with E-state index >= 15 is 0 Å². The minimum atomic E-state index is 0.0417. The molecule has 2 heterocycles. The first-order chi connectivity index (χ1) is 7.61. The second-order valence-electron chi connectivity index (χ2n) is 2.54. The fourth-order valence-electron chi connectivity index (χ4n) is 0.785. The topological polar surface area (TPSA) is 134 Å². The Labute approximate surface area is 95.3 Å². The SMILES string of the molecule is Nc1nc(N)nc(N)n1.O=Cc1cccs1. The lowest BCUT2D eigenvalue weighted by molar-refractivity contribution is 0.112. The average molecular weight is 238 g/mol. The number of nitrogens with zero attached hydrogens (tertiary/aromatic N) is 3. The van der Waals surface area contributed by atoms with Gasteiger partial charge in [0.15, 0.2) is 6.29 Å². The maximum atomic E-state index is 9.88. The number of nitrogens with two attached hydrogens (primary N) is 3. The summed E-state index contributed by atoms with van der Waals surface area (Å²) in [5.74, 6) is 0.125. The maximum Gasteiger partial charge on any atom is 0.226 e. The van der Waals surface area contributed by atoms with E-state index in [1.165, 1.54) is 11.3 Å². The summed E-state index contributed by atoms with van der Waals surface area (Å²) in [5, 5.41) is 1.88. The Bertz CT molecular complexity index is 407. The van der Waals surface area contributed by atoms with Gasteiger partial charge in [0.05, 0.1) is 4.88 Å². The van der Waals surface area contributed by atoms with Crippen LogP contribution in [0.4, 0.5) is 17.8 Å². The minimum absolute atomic E-state index is 0.0417. The largest absolute Gasteiger partial charge is 0.368 e. The van der Waals surface area contributed by atoms with Crippen molar-refractivity contribution in [3.8, 4) is 0 Å². The van der Waals surface area contributed by atoms with Crippen LogP contribution in [-0.2, 0) is 0 Å². The van der Waals surface area contributed by atoms with Crippen LogP contribution in [0.3, 0.4) is 0 Å². The quantitative estimate of drug-likeness (QED) is 0.603. The molecule has 0 saturated carbocycles. The van der Waals surface area contributed by atoms with Gasteiger partial charge >= 0.3 is 0 Å². The van der Waals surface area contributed by atoms with Gasteiger partial charge in [-0.2, -0.15) is 15.0 Å². The van der Waals surface area contributed by atoms with Crippen molar-refractivity contribution in [3.63, 3.8) is 0 Å². The lowest BCUT2D eigenvalue weighted by Gasteiger charge is -1.93. The highest BCUT2D eigenvalue weighted by atomic mass is 32.1. The Morgan fingerprint density at radius 1 is 1.06 bits per heavy atom. The standard InChI is InChI=1S/C5H4OS.C3H6N6/c6-4-5-2-1-3-7-5;4-1-7-2(5)9-3(6)8-1/h1-4H;(H6,4,5,6,7,8,9). The third-order valence-corrected chi connectivity index (χ3v) is 2.14. The van der Waals surface area contributed by atoms with E-state index in [4.69, 9.17) is 17.2 Å². The van der Waals surface area contributed by atoms with E-state index in [0.29, 0.717) is 0 Å². The number of carbonyl (C=O) groups is 1. The van der Waals surface area contributed by atoms with Crippen molar-refractivity contribution < 1.29 is 4.79 Å². The molecule has 2 aromatic heterocycles. The molecule has 0 aliphatic rings. The molecule has 0 spiro atoms. The van der Waals surface area contributed by atoms with Crippen molar-refractivity contribution in [1.29, 1.82) is 0 Å². The summed E-state index contributed by atoms with van der Waals surface area (Å²) < 4.78 is 0. The molecule has 0 aromatic carbocycles. The minimum Gasteiger partial charge on any atom is -0.368 e. The zero-order valence-corrected chi connectivity index (χ0v) is 9.02. The molecule has 0 aliphatic carbocycles. The Balaban J connectivity index is 0.000000165. The molecule has 0 atom stereocenters. The zero-order chi connectivity index (χ0) is 12.0. The van der Waals surface area contributed by atoms with Crippen molar-refractivity contribution in [2.24, 2.45) is 0 Å². The van der Waals surface area contributed by atoms with Crippen molar-refractivity contribution >= 4 is 35.5 Å². The molecule has 6 N–H and O–H groups in total. The van der Waals surface area contributed by atoms with Gasteiger partial charge in [0.25, 0.3) is 0 Å². The van der Waals surface area contributed by atoms with Crippen LogP contribution in [0.2, 0.25) is 0 Å². The normalized spacial score (nSPS) is 9.00. The summed E-state index contributed by atoms with van der Waals surface area (Å²) in [6.07, 6.45) is 0.852. The monoisotopic (exact) mass is 238 g/mol. The number of rotatable bonds is 1. The Morgan fingerprint density at radius 2 is 1.56 bits per heavy atom. The molecule has 16 heavy (non-hydrogen) atoms. The Hall–Kier alpha value is -2.22. The highest BCUT2D eigenvalue weighted by Gasteiger charge is 1.93. The van der Waals surface area contributed by atoms with Crippen LogP contribution in [0.25, 0.3) is 0 Å². The third-order valence-electron chi connectivity index (χ3n) is 1.35. The van der Waals surface area contributed by atoms with Crippen LogP contribution >= 0.6 is 11.3 Å². The fourth-order valence-corrected chi connectivity index (χ4v) is 1.31. The predicted octanol–water partition coefficient (Wildman–Crippen LogP) is 0.179. The number of nitrogen functional groups attached to an aromatic ring is 3. The van der Waals surface area contributed by atoms with Crippen LogP contribution in [-0.4, -0.2) is 21.2 Å². The molecule has 8 heteroatoms. The number of aldehydes is 1. The van der Waals surface area contributed by atoms with Gasteiger partial charge in [0.2, 0.25) is 17.8 Å². The molecule has 84 valence electrons. The Kier molecular flexibility index (Phi) is 4.16. The molecule has 0 saturated heterocycles. The van der Waals surface area contributed by atoms with Crippen LogP contribution < -0.4 is 17.2 Å². The van der Waals surface area contributed by atoms with E-state index in [-0.39, 0.29) is 17.8 Å². The average Bonchev–Trinajstić information content (AvgIpc) is 2.68. The van der Waals surface area contributed by atoms with Gasteiger partial charge in [-0.05, 0) is 11.4 Å². The van der Waals surface area contributed by atoms with Crippen LogP contribution in [0, 0.1) is 0 Å². The van der Waals surface area contributed by atoms with E-state index in [2.05, 4.69) is 15.0 Å². The molecular weight excluding hydrogens is 228 g/mol. The van der Waals surface area contributed by atoms with Crippen molar-refractivity contribution in [2.45, 2.75) is 0 Å². The first-order valence-electron chi connectivity index (χ1n) is 4.13. The molecule has 0 fully saturated rings. The van der Waals surface area contributed by atoms with E-state index < -0.39 is 0 Å². The van der Waals surface area contributed by atoms with Crippen molar-refractivity contribution in [2.75, 3.05) is 17.2 Å². The molecule has 2 rings (SSSR count). The predicted molar refractivity (Wildman–Crippen MR) is 62.8 cm³/mol. The lowest BCUT2D eigenvalue weighted by atomic mass is 10.5. The lowest BCUT2D eigenvalue weighted by Crippen LogP contribution is -2.05. The molecule has 2 aromatic rings. The second kappa shape index (κ2) is 5.61. The smallest absolute Gasteiger partial charge is 0.226 e. The number of hydrogen-bond donors (Lipinski definition) is 3. The maximum absolute atomic E-state index is 9.88. The molecule has 0 radical (unpaired) electrons. The van der Waals surface area contributed by atoms with Gasteiger partial charge in [-0.3, -0.25) is 4.79 Å². The molecule has 0 amide bonds. The van der Waals surface area contributed by atoms with Crippen LogP contribution in [0.5, 0.6) is 0 Å². The van der Waals surface area contributed by atoms with Gasteiger partial charge < -0.3 is 17.2 Å². The van der Waals surface area contributed by atoms with E-state index in [1.807, 2.05) is 11.4 Å². The van der Waals surface area contributed by atoms with Crippen molar-refractivity contribution in [3.05, 3.63) is 22.4 Å². The number of aromatic nitrogens is 3.